The summed E-state index contributed by atoms with van der Waals surface area (Å²) < 4.78 is 4.76. The predicted molar refractivity (Wildman–Crippen MR) is 69.0 cm³/mol. The van der Waals surface area contributed by atoms with Gasteiger partial charge in [0.05, 0.1) is 6.61 Å². The van der Waals surface area contributed by atoms with Crippen LogP contribution in [-0.4, -0.2) is 31.1 Å². The smallest absolute Gasteiger partial charge is 0.305 e. The number of esters is 1. The van der Waals surface area contributed by atoms with Crippen LogP contribution in [0.3, 0.4) is 0 Å². The first kappa shape index (κ1) is 18.6. The molecule has 0 spiro atoms. The normalized spacial score (nSPS) is 11.2. The van der Waals surface area contributed by atoms with Gasteiger partial charge >= 0.3 is 5.97 Å². The van der Waals surface area contributed by atoms with E-state index in [9.17, 15) is 9.59 Å². The van der Waals surface area contributed by atoms with Crippen molar-refractivity contribution in [2.24, 2.45) is 5.73 Å². The summed E-state index contributed by atoms with van der Waals surface area (Å²) in [4.78, 5) is 22.2. The van der Waals surface area contributed by atoms with E-state index < -0.39 is 0 Å². The summed E-state index contributed by atoms with van der Waals surface area (Å²) in [5.41, 5.74) is 5.53. The van der Waals surface area contributed by atoms with Crippen LogP contribution in [0.15, 0.2) is 0 Å². The highest BCUT2D eigenvalue weighted by atomic mass is 35.5. The summed E-state index contributed by atoms with van der Waals surface area (Å²) in [6.45, 7) is 4.55. The summed E-state index contributed by atoms with van der Waals surface area (Å²) in [6, 6.07) is 0.0466. The summed E-state index contributed by atoms with van der Waals surface area (Å²) in [6.07, 6.45) is 2.09. The Kier molecular flexibility index (Phi) is 12.7. The van der Waals surface area contributed by atoms with Gasteiger partial charge in [0.15, 0.2) is 0 Å². The predicted octanol–water partition coefficient (Wildman–Crippen LogP) is 0.995. The molecule has 0 aliphatic carbocycles. The fourth-order valence-corrected chi connectivity index (χ4v) is 1.14. The van der Waals surface area contributed by atoms with Crippen molar-refractivity contribution in [1.82, 2.24) is 5.32 Å². The zero-order valence-electron chi connectivity index (χ0n) is 10.5. The van der Waals surface area contributed by atoms with Gasteiger partial charge in [-0.05, 0) is 26.7 Å². The third-order valence-electron chi connectivity index (χ3n) is 2.01. The quantitative estimate of drug-likeness (QED) is 0.507. The molecule has 5 nitrogen and oxygen atoms in total. The van der Waals surface area contributed by atoms with E-state index in [4.69, 9.17) is 10.5 Å². The van der Waals surface area contributed by atoms with E-state index in [0.29, 0.717) is 38.8 Å². The van der Waals surface area contributed by atoms with E-state index in [1.54, 1.807) is 6.92 Å². The van der Waals surface area contributed by atoms with Crippen molar-refractivity contribution in [3.05, 3.63) is 0 Å². The molecule has 0 fully saturated rings. The van der Waals surface area contributed by atoms with Crippen molar-refractivity contribution in [1.29, 1.82) is 0 Å². The topological polar surface area (TPSA) is 81.4 Å². The first-order valence-corrected chi connectivity index (χ1v) is 5.74. The molecule has 0 aromatic rings. The SMILES string of the molecule is CCOC(=O)CCCNC(=O)CCC(C)N.Cl. The Bertz CT molecular complexity index is 223. The first-order chi connectivity index (χ1) is 7.56. The average Bonchev–Trinajstić information content (AvgIpc) is 2.22. The summed E-state index contributed by atoms with van der Waals surface area (Å²) in [7, 11) is 0. The average molecular weight is 267 g/mol. The van der Waals surface area contributed by atoms with Crippen LogP contribution in [0.25, 0.3) is 0 Å². The maximum Gasteiger partial charge on any atom is 0.305 e. The number of amides is 1. The minimum atomic E-state index is -0.215. The second kappa shape index (κ2) is 11.7. The molecule has 0 heterocycles. The number of nitrogens with one attached hydrogen (secondary N) is 1. The van der Waals surface area contributed by atoms with Gasteiger partial charge in [-0.15, -0.1) is 12.4 Å². The maximum atomic E-state index is 11.2. The second-order valence-electron chi connectivity index (χ2n) is 3.77. The lowest BCUT2D eigenvalue weighted by molar-refractivity contribution is -0.143. The van der Waals surface area contributed by atoms with Crippen molar-refractivity contribution in [2.75, 3.05) is 13.2 Å². The molecule has 1 amide bonds. The van der Waals surface area contributed by atoms with Crippen molar-refractivity contribution in [3.63, 3.8) is 0 Å². The van der Waals surface area contributed by atoms with Gasteiger partial charge in [-0.25, -0.2) is 0 Å². The molecular weight excluding hydrogens is 244 g/mol. The van der Waals surface area contributed by atoms with E-state index in [0.717, 1.165) is 0 Å². The van der Waals surface area contributed by atoms with Gasteiger partial charge in [0.25, 0.3) is 0 Å². The minimum absolute atomic E-state index is 0. The third kappa shape index (κ3) is 13.1. The second-order valence-corrected chi connectivity index (χ2v) is 3.77. The zero-order valence-corrected chi connectivity index (χ0v) is 11.3. The highest BCUT2D eigenvalue weighted by molar-refractivity contribution is 5.85. The van der Waals surface area contributed by atoms with E-state index >= 15 is 0 Å². The van der Waals surface area contributed by atoms with E-state index in [-0.39, 0.29) is 30.3 Å². The van der Waals surface area contributed by atoms with Crippen molar-refractivity contribution >= 4 is 24.3 Å². The number of hydrogen-bond donors (Lipinski definition) is 2. The van der Waals surface area contributed by atoms with Crippen LogP contribution in [0.4, 0.5) is 0 Å². The number of rotatable bonds is 8. The van der Waals surface area contributed by atoms with Gasteiger partial charge in [-0.3, -0.25) is 9.59 Å². The molecular formula is C11H23ClN2O3. The molecule has 0 rings (SSSR count). The molecule has 0 aliphatic heterocycles. The van der Waals surface area contributed by atoms with Crippen LogP contribution in [-0.2, 0) is 14.3 Å². The standard InChI is InChI=1S/C11H22N2O3.ClH/c1-3-16-11(15)5-4-8-13-10(14)7-6-9(2)12;/h9H,3-8,12H2,1-2H3,(H,13,14);1H. The summed E-state index contributed by atoms with van der Waals surface area (Å²) in [5, 5.41) is 2.73. The molecule has 0 aliphatic rings. The van der Waals surface area contributed by atoms with Crippen molar-refractivity contribution in [2.45, 2.75) is 45.6 Å². The maximum absolute atomic E-state index is 11.2. The van der Waals surface area contributed by atoms with Gasteiger partial charge in [0.1, 0.15) is 0 Å². The fourth-order valence-electron chi connectivity index (χ4n) is 1.14. The Morgan fingerprint density at radius 3 is 2.53 bits per heavy atom. The molecule has 0 aromatic carbocycles. The molecule has 3 N–H and O–H groups in total. The first-order valence-electron chi connectivity index (χ1n) is 5.74. The van der Waals surface area contributed by atoms with Crippen LogP contribution in [0.1, 0.15) is 39.5 Å². The number of halogens is 1. The van der Waals surface area contributed by atoms with Crippen LogP contribution < -0.4 is 11.1 Å². The van der Waals surface area contributed by atoms with Crippen LogP contribution in [0, 0.1) is 0 Å². The Balaban J connectivity index is 0. The molecule has 0 saturated carbocycles. The van der Waals surface area contributed by atoms with Crippen LogP contribution in [0.2, 0.25) is 0 Å². The van der Waals surface area contributed by atoms with Gasteiger partial charge in [0.2, 0.25) is 5.91 Å². The Morgan fingerprint density at radius 2 is 2.00 bits per heavy atom. The van der Waals surface area contributed by atoms with Gasteiger partial charge in [-0.1, -0.05) is 0 Å². The highest BCUT2D eigenvalue weighted by Crippen LogP contribution is 1.94. The lowest BCUT2D eigenvalue weighted by atomic mass is 10.2. The number of nitrogens with two attached hydrogens (primary N) is 1. The number of ether oxygens (including phenoxy) is 1. The molecule has 6 heteroatoms. The largest absolute Gasteiger partial charge is 0.466 e. The Hall–Kier alpha value is -0.810. The summed E-state index contributed by atoms with van der Waals surface area (Å²) in [5.74, 6) is -0.228. The van der Waals surface area contributed by atoms with E-state index in [2.05, 4.69) is 5.32 Å². The highest BCUT2D eigenvalue weighted by Gasteiger charge is 2.04. The van der Waals surface area contributed by atoms with E-state index in [1.807, 2.05) is 6.92 Å². The zero-order chi connectivity index (χ0) is 12.4. The molecule has 0 aromatic heterocycles. The van der Waals surface area contributed by atoms with Crippen LogP contribution in [0.5, 0.6) is 0 Å². The van der Waals surface area contributed by atoms with Gasteiger partial charge < -0.3 is 15.8 Å². The molecule has 0 bridgehead atoms. The number of carbonyl (C=O) groups is 2. The summed E-state index contributed by atoms with van der Waals surface area (Å²) >= 11 is 0. The number of hydrogen-bond acceptors (Lipinski definition) is 4. The van der Waals surface area contributed by atoms with Gasteiger partial charge in [-0.2, -0.15) is 0 Å². The van der Waals surface area contributed by atoms with Crippen molar-refractivity contribution < 1.29 is 14.3 Å². The Morgan fingerprint density at radius 1 is 1.35 bits per heavy atom. The molecule has 17 heavy (non-hydrogen) atoms. The van der Waals surface area contributed by atoms with Crippen molar-refractivity contribution in [3.8, 4) is 0 Å². The lowest BCUT2D eigenvalue weighted by Gasteiger charge is -2.06. The molecule has 0 saturated heterocycles. The molecule has 1 atom stereocenters. The molecule has 102 valence electrons. The number of carbonyl (C=O) groups excluding carboxylic acids is 2. The Labute approximate surface area is 109 Å². The fraction of sp³-hybridized carbons (Fsp3) is 0.818. The van der Waals surface area contributed by atoms with E-state index in [1.165, 1.54) is 0 Å². The molecule has 0 radical (unpaired) electrons. The van der Waals surface area contributed by atoms with Crippen LogP contribution >= 0.6 is 12.4 Å². The lowest BCUT2D eigenvalue weighted by Crippen LogP contribution is -2.27. The minimum Gasteiger partial charge on any atom is -0.466 e. The molecule has 1 unspecified atom stereocenters. The van der Waals surface area contributed by atoms with Gasteiger partial charge in [0, 0.05) is 25.4 Å². The monoisotopic (exact) mass is 266 g/mol. The third-order valence-corrected chi connectivity index (χ3v) is 2.01.